The van der Waals surface area contributed by atoms with E-state index in [9.17, 15) is 0 Å². The Morgan fingerprint density at radius 1 is 1.26 bits per heavy atom. The molecule has 1 aromatic heterocycles. The summed E-state index contributed by atoms with van der Waals surface area (Å²) in [7, 11) is 2.19. The van der Waals surface area contributed by atoms with E-state index in [0.29, 0.717) is 12.0 Å². The summed E-state index contributed by atoms with van der Waals surface area (Å²) in [5.74, 6) is 0.678. The van der Waals surface area contributed by atoms with Crippen molar-refractivity contribution in [1.82, 2.24) is 10.3 Å². The summed E-state index contributed by atoms with van der Waals surface area (Å²) in [4.78, 5) is 6.67. The highest BCUT2D eigenvalue weighted by molar-refractivity contribution is 5.52. The van der Waals surface area contributed by atoms with E-state index in [-0.39, 0.29) is 0 Å². The number of rotatable bonds is 8. The first-order chi connectivity index (χ1) is 9.10. The van der Waals surface area contributed by atoms with Gasteiger partial charge in [0.25, 0.3) is 0 Å². The molecule has 108 valence electrons. The Hall–Kier alpha value is -1.09. The fourth-order valence-corrected chi connectivity index (χ4v) is 2.43. The van der Waals surface area contributed by atoms with E-state index in [1.165, 1.54) is 24.1 Å². The minimum Gasteiger partial charge on any atom is -0.371 e. The van der Waals surface area contributed by atoms with Crippen LogP contribution in [0.3, 0.4) is 0 Å². The normalized spacial score (nSPS) is 11.3. The van der Waals surface area contributed by atoms with Crippen molar-refractivity contribution < 1.29 is 0 Å². The van der Waals surface area contributed by atoms with Gasteiger partial charge in [-0.15, -0.1) is 0 Å². The molecular weight excluding hydrogens is 234 g/mol. The van der Waals surface area contributed by atoms with Crippen molar-refractivity contribution in [3.63, 3.8) is 0 Å². The van der Waals surface area contributed by atoms with Crippen LogP contribution < -0.4 is 10.2 Å². The lowest BCUT2D eigenvalue weighted by atomic mass is 10.1. The van der Waals surface area contributed by atoms with Crippen LogP contribution >= 0.6 is 0 Å². The highest BCUT2D eigenvalue weighted by atomic mass is 15.1. The van der Waals surface area contributed by atoms with Crippen molar-refractivity contribution in [3.8, 4) is 0 Å². The first-order valence-corrected chi connectivity index (χ1v) is 7.46. The van der Waals surface area contributed by atoms with Crippen molar-refractivity contribution in [2.45, 2.75) is 53.1 Å². The number of anilines is 1. The predicted molar refractivity (Wildman–Crippen MR) is 83.6 cm³/mol. The SMILES string of the molecule is CCC(CC)N(C)c1ccncc1CNCC(C)C. The Labute approximate surface area is 118 Å². The molecule has 3 nitrogen and oxygen atoms in total. The van der Waals surface area contributed by atoms with E-state index in [1.54, 1.807) is 0 Å². The lowest BCUT2D eigenvalue weighted by Crippen LogP contribution is -2.32. The van der Waals surface area contributed by atoms with Crippen LogP contribution in [-0.2, 0) is 6.54 Å². The molecule has 19 heavy (non-hydrogen) atoms. The van der Waals surface area contributed by atoms with Crippen LogP contribution in [0.15, 0.2) is 18.5 Å². The molecule has 3 heteroatoms. The molecule has 0 saturated carbocycles. The molecule has 0 bridgehead atoms. The van der Waals surface area contributed by atoms with Crippen LogP contribution in [0.1, 0.15) is 46.1 Å². The van der Waals surface area contributed by atoms with Crippen molar-refractivity contribution in [1.29, 1.82) is 0 Å². The summed E-state index contributed by atoms with van der Waals surface area (Å²) in [5, 5.41) is 3.50. The Bertz CT molecular complexity index is 359. The molecule has 0 atom stereocenters. The minimum absolute atomic E-state index is 0.603. The summed E-state index contributed by atoms with van der Waals surface area (Å²) in [5.41, 5.74) is 2.59. The second-order valence-electron chi connectivity index (χ2n) is 5.61. The van der Waals surface area contributed by atoms with Crippen molar-refractivity contribution in [3.05, 3.63) is 24.0 Å². The van der Waals surface area contributed by atoms with Crippen LogP contribution in [0.5, 0.6) is 0 Å². The zero-order valence-electron chi connectivity index (χ0n) is 13.1. The Morgan fingerprint density at radius 2 is 1.95 bits per heavy atom. The largest absolute Gasteiger partial charge is 0.371 e. The Balaban J connectivity index is 2.77. The highest BCUT2D eigenvalue weighted by Crippen LogP contribution is 2.22. The summed E-state index contributed by atoms with van der Waals surface area (Å²) in [6.45, 7) is 10.9. The van der Waals surface area contributed by atoms with Crippen LogP contribution in [0.4, 0.5) is 5.69 Å². The van der Waals surface area contributed by atoms with Gasteiger partial charge in [0.2, 0.25) is 0 Å². The van der Waals surface area contributed by atoms with Gasteiger partial charge in [0, 0.05) is 43.3 Å². The minimum atomic E-state index is 0.603. The maximum Gasteiger partial charge on any atom is 0.0442 e. The third kappa shape index (κ3) is 4.83. The number of hydrogen-bond donors (Lipinski definition) is 1. The molecule has 0 aliphatic carbocycles. The summed E-state index contributed by atoms with van der Waals surface area (Å²) in [6, 6.07) is 2.73. The molecular formula is C16H29N3. The molecule has 0 radical (unpaired) electrons. The Kier molecular flexibility index (Phi) is 6.85. The lowest BCUT2D eigenvalue weighted by molar-refractivity contribution is 0.548. The van der Waals surface area contributed by atoms with E-state index in [2.05, 4.69) is 56.0 Å². The second-order valence-corrected chi connectivity index (χ2v) is 5.61. The van der Waals surface area contributed by atoms with Gasteiger partial charge in [0.15, 0.2) is 0 Å². The fraction of sp³-hybridized carbons (Fsp3) is 0.688. The van der Waals surface area contributed by atoms with Crippen LogP contribution in [-0.4, -0.2) is 24.6 Å². The molecule has 0 aliphatic rings. The maximum absolute atomic E-state index is 4.27. The first-order valence-electron chi connectivity index (χ1n) is 7.46. The van der Waals surface area contributed by atoms with E-state index in [0.717, 1.165) is 13.1 Å². The number of aromatic nitrogens is 1. The second kappa shape index (κ2) is 8.16. The van der Waals surface area contributed by atoms with Gasteiger partial charge in [-0.2, -0.15) is 0 Å². The monoisotopic (exact) mass is 263 g/mol. The first kappa shape index (κ1) is 16.0. The quantitative estimate of drug-likeness (QED) is 0.778. The molecule has 0 spiro atoms. The molecule has 0 unspecified atom stereocenters. The van der Waals surface area contributed by atoms with Gasteiger partial charge in [0.1, 0.15) is 0 Å². The molecule has 1 aromatic rings. The number of hydrogen-bond acceptors (Lipinski definition) is 3. The molecule has 0 aliphatic heterocycles. The fourth-order valence-electron chi connectivity index (χ4n) is 2.43. The topological polar surface area (TPSA) is 28.2 Å². The van der Waals surface area contributed by atoms with Crippen LogP contribution in [0.2, 0.25) is 0 Å². The molecule has 0 saturated heterocycles. The molecule has 0 aromatic carbocycles. The average molecular weight is 263 g/mol. The van der Waals surface area contributed by atoms with E-state index < -0.39 is 0 Å². The zero-order chi connectivity index (χ0) is 14.3. The number of pyridine rings is 1. The van der Waals surface area contributed by atoms with Gasteiger partial charge in [-0.1, -0.05) is 27.7 Å². The van der Waals surface area contributed by atoms with Gasteiger partial charge in [-0.3, -0.25) is 4.98 Å². The third-order valence-electron chi connectivity index (χ3n) is 3.62. The van der Waals surface area contributed by atoms with Gasteiger partial charge in [0.05, 0.1) is 0 Å². The molecule has 0 amide bonds. The molecule has 0 fully saturated rings. The van der Waals surface area contributed by atoms with E-state index in [4.69, 9.17) is 0 Å². The summed E-state index contributed by atoms with van der Waals surface area (Å²) < 4.78 is 0. The van der Waals surface area contributed by atoms with Gasteiger partial charge < -0.3 is 10.2 Å². The molecule has 1 N–H and O–H groups in total. The molecule has 1 heterocycles. The predicted octanol–water partition coefficient (Wildman–Crippen LogP) is 3.45. The Morgan fingerprint density at radius 3 is 2.53 bits per heavy atom. The smallest absolute Gasteiger partial charge is 0.0442 e. The third-order valence-corrected chi connectivity index (χ3v) is 3.62. The van der Waals surface area contributed by atoms with E-state index >= 15 is 0 Å². The summed E-state index contributed by atoms with van der Waals surface area (Å²) >= 11 is 0. The van der Waals surface area contributed by atoms with Gasteiger partial charge in [-0.05, 0) is 31.4 Å². The number of nitrogens with zero attached hydrogens (tertiary/aromatic N) is 2. The van der Waals surface area contributed by atoms with Crippen LogP contribution in [0, 0.1) is 5.92 Å². The highest BCUT2D eigenvalue weighted by Gasteiger charge is 2.14. The van der Waals surface area contributed by atoms with Gasteiger partial charge >= 0.3 is 0 Å². The zero-order valence-corrected chi connectivity index (χ0v) is 13.1. The number of nitrogens with one attached hydrogen (secondary N) is 1. The van der Waals surface area contributed by atoms with E-state index in [1.807, 2.05) is 12.4 Å². The van der Waals surface area contributed by atoms with Crippen molar-refractivity contribution in [2.75, 3.05) is 18.5 Å². The van der Waals surface area contributed by atoms with Crippen molar-refractivity contribution in [2.24, 2.45) is 5.92 Å². The standard InChI is InChI=1S/C16H29N3/c1-6-15(7-2)19(5)16-8-9-17-11-14(16)12-18-10-13(3)4/h8-9,11,13,15,18H,6-7,10,12H2,1-5H3. The molecule has 1 rings (SSSR count). The average Bonchev–Trinajstić information content (AvgIpc) is 2.40. The maximum atomic E-state index is 4.27. The van der Waals surface area contributed by atoms with Gasteiger partial charge in [-0.25, -0.2) is 0 Å². The lowest BCUT2D eigenvalue weighted by Gasteiger charge is -2.30. The van der Waals surface area contributed by atoms with Crippen LogP contribution in [0.25, 0.3) is 0 Å². The van der Waals surface area contributed by atoms with Crippen molar-refractivity contribution >= 4 is 5.69 Å². The summed E-state index contributed by atoms with van der Waals surface area (Å²) in [6.07, 6.45) is 6.23.